The highest BCUT2D eigenvalue weighted by molar-refractivity contribution is 7.99. The van der Waals surface area contributed by atoms with E-state index < -0.39 is 0 Å². The zero-order chi connectivity index (χ0) is 15.9. The minimum atomic E-state index is -0.0664. The Balaban J connectivity index is 1.93. The van der Waals surface area contributed by atoms with Crippen LogP contribution in [0.15, 0.2) is 11.2 Å². The van der Waals surface area contributed by atoms with Gasteiger partial charge < -0.3 is 4.90 Å². The standard InChI is InChI=1S/C15H25N5OS/c1-11(2)18-19-14(21)10-22-15-16-12(3)9-13(17-15)20-7-5-4-6-8-20/h9,11,18H,4-8,10H2,1-3H3,(H,19,21). The first-order valence-corrected chi connectivity index (χ1v) is 8.81. The number of aromatic nitrogens is 2. The van der Waals surface area contributed by atoms with Gasteiger partial charge in [-0.15, -0.1) is 0 Å². The van der Waals surface area contributed by atoms with Crippen molar-refractivity contribution < 1.29 is 4.79 Å². The maximum absolute atomic E-state index is 11.7. The van der Waals surface area contributed by atoms with Crippen LogP contribution in [0.3, 0.4) is 0 Å². The fraction of sp³-hybridized carbons (Fsp3) is 0.667. The molecule has 0 atom stereocenters. The van der Waals surface area contributed by atoms with Crippen molar-refractivity contribution in [3.8, 4) is 0 Å². The molecule has 2 heterocycles. The summed E-state index contributed by atoms with van der Waals surface area (Å²) in [5.41, 5.74) is 6.51. The molecule has 6 nitrogen and oxygen atoms in total. The molecule has 1 aliphatic rings. The van der Waals surface area contributed by atoms with Crippen LogP contribution in [-0.4, -0.2) is 40.8 Å². The third kappa shape index (κ3) is 5.46. The average Bonchev–Trinajstić information content (AvgIpc) is 2.51. The molecule has 0 bridgehead atoms. The van der Waals surface area contributed by atoms with Crippen LogP contribution in [0.2, 0.25) is 0 Å². The summed E-state index contributed by atoms with van der Waals surface area (Å²) in [6.45, 7) is 8.03. The lowest BCUT2D eigenvalue weighted by atomic mass is 10.1. The number of rotatable bonds is 6. The van der Waals surface area contributed by atoms with Crippen molar-refractivity contribution in [2.75, 3.05) is 23.7 Å². The first kappa shape index (κ1) is 17.0. The lowest BCUT2D eigenvalue weighted by Gasteiger charge is -2.28. The molecule has 1 saturated heterocycles. The molecule has 1 aliphatic heterocycles. The second-order valence-electron chi connectivity index (χ2n) is 5.83. The lowest BCUT2D eigenvalue weighted by Crippen LogP contribution is -2.42. The smallest absolute Gasteiger partial charge is 0.244 e. The Bertz CT molecular complexity index is 503. The quantitative estimate of drug-likeness (QED) is 0.473. The zero-order valence-electron chi connectivity index (χ0n) is 13.6. The predicted octanol–water partition coefficient (Wildman–Crippen LogP) is 1.90. The number of carbonyl (C=O) groups is 1. The molecule has 2 N–H and O–H groups in total. The van der Waals surface area contributed by atoms with Gasteiger partial charge in [0.1, 0.15) is 5.82 Å². The third-order valence-electron chi connectivity index (χ3n) is 3.33. The van der Waals surface area contributed by atoms with Crippen LogP contribution < -0.4 is 15.8 Å². The summed E-state index contributed by atoms with van der Waals surface area (Å²) in [6.07, 6.45) is 3.73. The Hall–Kier alpha value is -1.34. The van der Waals surface area contributed by atoms with E-state index in [2.05, 4.69) is 25.7 Å². The number of carbonyl (C=O) groups excluding carboxylic acids is 1. The van der Waals surface area contributed by atoms with E-state index in [4.69, 9.17) is 0 Å². The van der Waals surface area contributed by atoms with Gasteiger partial charge in [0.25, 0.3) is 0 Å². The Kier molecular flexibility index (Phi) is 6.45. The van der Waals surface area contributed by atoms with Crippen LogP contribution >= 0.6 is 11.8 Å². The van der Waals surface area contributed by atoms with E-state index in [1.807, 2.05) is 26.8 Å². The van der Waals surface area contributed by atoms with Gasteiger partial charge in [-0.3, -0.25) is 10.2 Å². The molecular formula is C15H25N5OS. The van der Waals surface area contributed by atoms with E-state index in [-0.39, 0.29) is 11.9 Å². The topological polar surface area (TPSA) is 70.2 Å². The van der Waals surface area contributed by atoms with Gasteiger partial charge >= 0.3 is 0 Å². The number of thioether (sulfide) groups is 1. The molecule has 0 spiro atoms. The van der Waals surface area contributed by atoms with E-state index in [9.17, 15) is 4.79 Å². The van der Waals surface area contributed by atoms with E-state index in [0.29, 0.717) is 10.9 Å². The van der Waals surface area contributed by atoms with Gasteiger partial charge in [-0.2, -0.15) is 0 Å². The zero-order valence-corrected chi connectivity index (χ0v) is 14.4. The van der Waals surface area contributed by atoms with Gasteiger partial charge in [0.15, 0.2) is 5.16 Å². The minimum Gasteiger partial charge on any atom is -0.356 e. The molecule has 1 aromatic heterocycles. The highest BCUT2D eigenvalue weighted by Crippen LogP contribution is 2.22. The maximum atomic E-state index is 11.7. The minimum absolute atomic E-state index is 0.0664. The van der Waals surface area contributed by atoms with E-state index in [1.165, 1.54) is 31.0 Å². The lowest BCUT2D eigenvalue weighted by molar-refractivity contribution is -0.119. The number of nitrogens with zero attached hydrogens (tertiary/aromatic N) is 3. The van der Waals surface area contributed by atoms with Gasteiger partial charge in [0.2, 0.25) is 5.91 Å². The van der Waals surface area contributed by atoms with Crippen molar-refractivity contribution in [3.05, 3.63) is 11.8 Å². The number of hydrogen-bond acceptors (Lipinski definition) is 6. The molecule has 1 amide bonds. The molecule has 0 radical (unpaired) electrons. The monoisotopic (exact) mass is 323 g/mol. The Labute approximate surface area is 136 Å². The Morgan fingerprint density at radius 2 is 2.05 bits per heavy atom. The van der Waals surface area contributed by atoms with Crippen LogP contribution in [-0.2, 0) is 4.79 Å². The summed E-state index contributed by atoms with van der Waals surface area (Å²) in [5.74, 6) is 1.22. The van der Waals surface area contributed by atoms with Gasteiger partial charge in [-0.1, -0.05) is 11.8 Å². The number of amides is 1. The van der Waals surface area contributed by atoms with Gasteiger partial charge in [-0.05, 0) is 40.0 Å². The fourth-order valence-electron chi connectivity index (χ4n) is 2.27. The summed E-state index contributed by atoms with van der Waals surface area (Å²) in [6, 6.07) is 2.24. The average molecular weight is 323 g/mol. The van der Waals surface area contributed by atoms with Crippen molar-refractivity contribution in [2.24, 2.45) is 0 Å². The van der Waals surface area contributed by atoms with Crippen LogP contribution in [0.25, 0.3) is 0 Å². The molecular weight excluding hydrogens is 298 g/mol. The van der Waals surface area contributed by atoms with Crippen LogP contribution in [0, 0.1) is 6.92 Å². The summed E-state index contributed by atoms with van der Waals surface area (Å²) in [7, 11) is 0. The molecule has 1 fully saturated rings. The molecule has 0 unspecified atom stereocenters. The number of aryl methyl sites for hydroxylation is 1. The molecule has 0 saturated carbocycles. The van der Waals surface area contributed by atoms with Crippen molar-refractivity contribution in [2.45, 2.75) is 51.2 Å². The molecule has 122 valence electrons. The van der Waals surface area contributed by atoms with Gasteiger partial charge in [0, 0.05) is 30.9 Å². The molecule has 1 aromatic rings. The Morgan fingerprint density at radius 1 is 1.32 bits per heavy atom. The predicted molar refractivity (Wildman–Crippen MR) is 90.0 cm³/mol. The van der Waals surface area contributed by atoms with Crippen molar-refractivity contribution >= 4 is 23.5 Å². The fourth-order valence-corrected chi connectivity index (χ4v) is 2.96. The maximum Gasteiger partial charge on any atom is 0.244 e. The summed E-state index contributed by atoms with van der Waals surface area (Å²) in [4.78, 5) is 23.1. The molecule has 0 aliphatic carbocycles. The number of piperidine rings is 1. The van der Waals surface area contributed by atoms with Crippen LogP contribution in [0.5, 0.6) is 0 Å². The number of anilines is 1. The highest BCUT2D eigenvalue weighted by Gasteiger charge is 2.14. The molecule has 7 heteroatoms. The van der Waals surface area contributed by atoms with E-state index in [1.54, 1.807) is 0 Å². The summed E-state index contributed by atoms with van der Waals surface area (Å²) in [5, 5.41) is 0.667. The number of hydrogen-bond donors (Lipinski definition) is 2. The number of hydrazine groups is 1. The van der Waals surface area contributed by atoms with E-state index >= 15 is 0 Å². The molecule has 22 heavy (non-hydrogen) atoms. The van der Waals surface area contributed by atoms with Crippen molar-refractivity contribution in [1.82, 2.24) is 20.8 Å². The first-order valence-electron chi connectivity index (χ1n) is 7.82. The normalized spacial score (nSPS) is 15.2. The first-order chi connectivity index (χ1) is 10.5. The van der Waals surface area contributed by atoms with Gasteiger partial charge in [-0.25, -0.2) is 15.4 Å². The number of nitrogens with one attached hydrogen (secondary N) is 2. The van der Waals surface area contributed by atoms with Crippen molar-refractivity contribution in [1.29, 1.82) is 0 Å². The second kappa shape index (κ2) is 8.33. The van der Waals surface area contributed by atoms with Crippen LogP contribution in [0.4, 0.5) is 5.82 Å². The third-order valence-corrected chi connectivity index (χ3v) is 4.18. The SMILES string of the molecule is Cc1cc(N2CCCCC2)nc(SCC(=O)NNC(C)C)n1. The Morgan fingerprint density at radius 3 is 2.73 bits per heavy atom. The van der Waals surface area contributed by atoms with Gasteiger partial charge in [0.05, 0.1) is 5.75 Å². The van der Waals surface area contributed by atoms with Crippen LogP contribution in [0.1, 0.15) is 38.8 Å². The summed E-state index contributed by atoms with van der Waals surface area (Å²) < 4.78 is 0. The molecule has 2 rings (SSSR count). The second-order valence-corrected chi connectivity index (χ2v) is 6.78. The molecule has 0 aromatic carbocycles. The largest absolute Gasteiger partial charge is 0.356 e. The van der Waals surface area contributed by atoms with E-state index in [0.717, 1.165) is 24.6 Å². The van der Waals surface area contributed by atoms with Crippen molar-refractivity contribution in [3.63, 3.8) is 0 Å². The summed E-state index contributed by atoms with van der Waals surface area (Å²) >= 11 is 1.37. The highest BCUT2D eigenvalue weighted by atomic mass is 32.2.